The fourth-order valence-corrected chi connectivity index (χ4v) is 11.6. The molecule has 3 saturated carbocycles. The van der Waals surface area contributed by atoms with Crippen LogP contribution >= 0.6 is 0 Å². The molecule has 5 fully saturated rings. The van der Waals surface area contributed by atoms with E-state index >= 15 is 0 Å². The standard InChI is InChI=1S/C26H45FN3O5Se/c1-36(25(34)18-10-9-15-5-2-3-6-16(15)11-18)26-24(33)22(23(32)21(14-31)35-26)30-13-20(28-29-30)17-7-4-8-19(27)12-17/h15-24,26,28-29,31-33H,2-14H2,1H3/t15?,16?,17?,18?,19?,20?,21-,22+,23+,24-,26+/m1/s1. The fraction of sp³-hybridized carbons (Fsp3) is 0.962. The van der Waals surface area contributed by atoms with Crippen LogP contribution in [0.4, 0.5) is 4.39 Å². The first-order valence-corrected chi connectivity index (χ1v) is 17.7. The van der Waals surface area contributed by atoms with Crippen molar-refractivity contribution < 1.29 is 29.2 Å². The second-order valence-electron chi connectivity index (χ2n) is 11.9. The third-order valence-electron chi connectivity index (χ3n) is 9.75. The number of alkyl halides is 1. The zero-order chi connectivity index (χ0) is 25.4. The average Bonchev–Trinajstić information content (AvgIpc) is 3.38. The molecule has 2 saturated heterocycles. The predicted octanol–water partition coefficient (Wildman–Crippen LogP) is 1.44. The molecule has 6 unspecified atom stereocenters. The van der Waals surface area contributed by atoms with E-state index in [-0.39, 0.29) is 29.2 Å². The van der Waals surface area contributed by atoms with Gasteiger partial charge in [-0.25, -0.2) is 0 Å². The molecular weight excluding hydrogens is 532 g/mol. The van der Waals surface area contributed by atoms with Crippen LogP contribution in [0.3, 0.4) is 0 Å². The van der Waals surface area contributed by atoms with Gasteiger partial charge in [0.2, 0.25) is 0 Å². The number of ether oxygens (including phenoxy) is 1. The van der Waals surface area contributed by atoms with Crippen molar-refractivity contribution in [2.45, 2.75) is 118 Å². The number of hydrogen-bond donors (Lipinski definition) is 5. The van der Waals surface area contributed by atoms with Crippen LogP contribution < -0.4 is 11.0 Å². The summed E-state index contributed by atoms with van der Waals surface area (Å²) in [5.41, 5.74) is 6.35. The summed E-state index contributed by atoms with van der Waals surface area (Å²) in [5, 5.41) is 33.6. The van der Waals surface area contributed by atoms with E-state index in [0.717, 1.165) is 38.0 Å². The molecule has 0 aromatic rings. The summed E-state index contributed by atoms with van der Waals surface area (Å²) in [4.78, 5) is 13.7. The Hall–Kier alpha value is -0.161. The number of nitrogens with one attached hydrogen (secondary N) is 2. The Morgan fingerprint density at radius 2 is 1.75 bits per heavy atom. The molecule has 36 heavy (non-hydrogen) atoms. The molecule has 207 valence electrons. The van der Waals surface area contributed by atoms with Gasteiger partial charge >= 0.3 is 219 Å². The zero-order valence-corrected chi connectivity index (χ0v) is 23.1. The number of nitrogens with zero attached hydrogens (tertiary/aromatic N) is 1. The first-order chi connectivity index (χ1) is 17.4. The van der Waals surface area contributed by atoms with Gasteiger partial charge in [-0.05, 0) is 0 Å². The number of aliphatic hydroxyl groups excluding tert-OH is 3. The van der Waals surface area contributed by atoms with Gasteiger partial charge < -0.3 is 0 Å². The molecule has 0 bridgehead atoms. The van der Waals surface area contributed by atoms with Crippen LogP contribution in [-0.2, 0) is 9.53 Å². The van der Waals surface area contributed by atoms with E-state index in [9.17, 15) is 24.5 Å². The zero-order valence-electron chi connectivity index (χ0n) is 21.4. The fourth-order valence-electron chi connectivity index (χ4n) is 7.66. The Morgan fingerprint density at radius 1 is 1.00 bits per heavy atom. The average molecular weight is 578 g/mol. The molecule has 2 aliphatic heterocycles. The van der Waals surface area contributed by atoms with Gasteiger partial charge in [0.1, 0.15) is 0 Å². The van der Waals surface area contributed by atoms with E-state index in [0.29, 0.717) is 25.3 Å². The minimum atomic E-state index is -2.06. The van der Waals surface area contributed by atoms with Crippen LogP contribution in [0.2, 0.25) is 5.82 Å². The monoisotopic (exact) mass is 578 g/mol. The van der Waals surface area contributed by atoms with E-state index in [1.807, 2.05) is 5.82 Å². The molecule has 5 aliphatic rings. The molecule has 8 nitrogen and oxygen atoms in total. The number of hydrazine groups is 2. The first kappa shape index (κ1) is 27.4. The number of aliphatic hydroxyl groups is 3. The van der Waals surface area contributed by atoms with Crippen molar-refractivity contribution in [3.63, 3.8) is 0 Å². The van der Waals surface area contributed by atoms with Gasteiger partial charge in [-0.3, -0.25) is 0 Å². The Bertz CT molecular complexity index is 767. The minimum absolute atomic E-state index is 0.0116. The van der Waals surface area contributed by atoms with E-state index in [1.165, 1.54) is 25.7 Å². The van der Waals surface area contributed by atoms with Crippen LogP contribution in [0, 0.1) is 23.7 Å². The van der Waals surface area contributed by atoms with Crippen molar-refractivity contribution in [3.8, 4) is 0 Å². The van der Waals surface area contributed by atoms with Crippen molar-refractivity contribution >= 4 is 18.6 Å². The Labute approximate surface area is 218 Å². The molecule has 0 aromatic heterocycles. The summed E-state index contributed by atoms with van der Waals surface area (Å²) in [6, 6.07) is -0.714. The molecule has 11 atom stereocenters. The summed E-state index contributed by atoms with van der Waals surface area (Å²) in [6.45, 7) is 0.132. The molecule has 0 amide bonds. The van der Waals surface area contributed by atoms with Gasteiger partial charge in [0.15, 0.2) is 0 Å². The summed E-state index contributed by atoms with van der Waals surface area (Å²) in [6.07, 6.45) is 7.29. The molecule has 10 heteroatoms. The quantitative estimate of drug-likeness (QED) is 0.302. The van der Waals surface area contributed by atoms with E-state index in [2.05, 4.69) is 11.0 Å². The predicted molar refractivity (Wildman–Crippen MR) is 135 cm³/mol. The molecular formula is C26H45FN3O5Se. The molecule has 1 radical (unpaired) electrons. The number of halogens is 1. The summed E-state index contributed by atoms with van der Waals surface area (Å²) >= 11 is -2.06. The van der Waals surface area contributed by atoms with Gasteiger partial charge in [-0.15, -0.1) is 0 Å². The van der Waals surface area contributed by atoms with Crippen LogP contribution in [0.15, 0.2) is 0 Å². The molecule has 5 N–H and O–H groups in total. The third kappa shape index (κ3) is 5.58. The summed E-state index contributed by atoms with van der Waals surface area (Å²) < 4.78 is 20.3. The number of carbonyl (C=O) groups is 1. The molecule has 3 aliphatic carbocycles. The number of hydrogen-bond acceptors (Lipinski definition) is 8. The number of carbonyl (C=O) groups excluding carboxylic acids is 1. The van der Waals surface area contributed by atoms with Gasteiger partial charge in [0.25, 0.3) is 0 Å². The number of fused-ring (bicyclic) bond motifs is 1. The van der Waals surface area contributed by atoms with E-state index in [4.69, 9.17) is 4.74 Å². The van der Waals surface area contributed by atoms with Gasteiger partial charge in [-0.1, -0.05) is 0 Å². The second kappa shape index (κ2) is 11.9. The Kier molecular flexibility index (Phi) is 9.08. The van der Waals surface area contributed by atoms with E-state index < -0.39 is 49.4 Å². The second-order valence-corrected chi connectivity index (χ2v) is 16.1. The molecule has 2 heterocycles. The van der Waals surface area contributed by atoms with Gasteiger partial charge in [0.05, 0.1) is 0 Å². The molecule has 0 spiro atoms. The van der Waals surface area contributed by atoms with Crippen LogP contribution in [0.5, 0.6) is 0 Å². The molecule has 5 rings (SSSR count). The maximum absolute atomic E-state index is 14.0. The van der Waals surface area contributed by atoms with Crippen LogP contribution in [0.1, 0.15) is 70.6 Å². The maximum atomic E-state index is 14.0. The van der Waals surface area contributed by atoms with Gasteiger partial charge in [-0.2, -0.15) is 0 Å². The summed E-state index contributed by atoms with van der Waals surface area (Å²) in [7, 11) is 0. The Balaban J connectivity index is 1.25. The third-order valence-corrected chi connectivity index (χ3v) is 14.1. The SMILES string of the molecule is C[Se](C(=O)C1CCC2CCCCC2C1)[C@@H]1O[C@H](CO)[C@H](O)[C@H](N2CC(C3CCCC(F)C3)NN2)[C@H]1O. The topological polar surface area (TPSA) is 114 Å². The van der Waals surface area contributed by atoms with Crippen molar-refractivity contribution in [2.24, 2.45) is 23.7 Å². The van der Waals surface area contributed by atoms with Crippen molar-refractivity contribution in [3.05, 3.63) is 0 Å². The number of rotatable bonds is 6. The van der Waals surface area contributed by atoms with Crippen molar-refractivity contribution in [2.75, 3.05) is 13.2 Å². The van der Waals surface area contributed by atoms with E-state index in [1.54, 1.807) is 5.01 Å². The van der Waals surface area contributed by atoms with Crippen molar-refractivity contribution in [1.29, 1.82) is 0 Å². The normalized spacial score (nSPS) is 46.6. The van der Waals surface area contributed by atoms with Crippen LogP contribution in [0.25, 0.3) is 0 Å². The van der Waals surface area contributed by atoms with Gasteiger partial charge in [0, 0.05) is 0 Å². The molecule has 0 aromatic carbocycles. The first-order valence-electron chi connectivity index (χ1n) is 14.1. The Morgan fingerprint density at radius 3 is 2.50 bits per heavy atom. The van der Waals surface area contributed by atoms with Crippen molar-refractivity contribution in [1.82, 2.24) is 16.0 Å². The summed E-state index contributed by atoms with van der Waals surface area (Å²) in [5.74, 6) is 3.61. The van der Waals surface area contributed by atoms with Crippen LogP contribution in [-0.4, -0.2) is 93.6 Å².